The van der Waals surface area contributed by atoms with Crippen LogP contribution in [0.3, 0.4) is 0 Å². The molecule has 4 heteroatoms. The first kappa shape index (κ1) is 13.5. The predicted octanol–water partition coefficient (Wildman–Crippen LogP) is 4.41. The van der Waals surface area contributed by atoms with E-state index in [1.165, 1.54) is 18.2 Å². The molecule has 0 saturated heterocycles. The van der Waals surface area contributed by atoms with E-state index in [2.05, 4.69) is 0 Å². The number of rotatable bonds is 3. The molecular formula is C17H12FNOS. The maximum atomic E-state index is 13.3. The number of hydrogen-bond donors (Lipinski definition) is 1. The molecule has 3 aromatic rings. The third-order valence-corrected chi connectivity index (χ3v) is 3.40. The number of halogens is 1. The van der Waals surface area contributed by atoms with E-state index in [1.54, 1.807) is 0 Å². The molecule has 0 heterocycles. The fourth-order valence-corrected chi connectivity index (χ4v) is 2.35. The molecule has 0 aliphatic heterocycles. The summed E-state index contributed by atoms with van der Waals surface area (Å²) in [6.45, 7) is 0. The molecule has 0 amide bonds. The first-order valence-corrected chi connectivity index (χ1v) is 6.81. The van der Waals surface area contributed by atoms with Crippen molar-refractivity contribution in [1.82, 2.24) is 0 Å². The summed E-state index contributed by atoms with van der Waals surface area (Å²) >= 11 is 4.95. The van der Waals surface area contributed by atoms with Gasteiger partial charge in [-0.1, -0.05) is 48.6 Å². The summed E-state index contributed by atoms with van der Waals surface area (Å²) < 4.78 is 19.2. The first-order valence-electron chi connectivity index (χ1n) is 6.40. The normalized spacial score (nSPS) is 10.5. The lowest BCUT2D eigenvalue weighted by Crippen LogP contribution is -2.11. The van der Waals surface area contributed by atoms with Gasteiger partial charge in [0.2, 0.25) is 0 Å². The van der Waals surface area contributed by atoms with Crippen molar-refractivity contribution in [1.29, 1.82) is 0 Å². The summed E-state index contributed by atoms with van der Waals surface area (Å²) in [5.74, 6) is 0.723. The smallest absolute Gasteiger partial charge is 0.137 e. The van der Waals surface area contributed by atoms with Crippen LogP contribution < -0.4 is 10.5 Å². The van der Waals surface area contributed by atoms with Crippen molar-refractivity contribution in [2.75, 3.05) is 0 Å². The molecule has 0 aliphatic rings. The zero-order valence-corrected chi connectivity index (χ0v) is 11.9. The topological polar surface area (TPSA) is 35.2 Å². The lowest BCUT2D eigenvalue weighted by atomic mass is 10.1. The van der Waals surface area contributed by atoms with Crippen LogP contribution in [0.15, 0.2) is 60.7 Å². The van der Waals surface area contributed by atoms with Crippen LogP contribution in [0.5, 0.6) is 11.5 Å². The van der Waals surface area contributed by atoms with E-state index >= 15 is 0 Å². The average molecular weight is 297 g/mol. The molecule has 104 valence electrons. The second-order valence-corrected chi connectivity index (χ2v) is 5.02. The summed E-state index contributed by atoms with van der Waals surface area (Å²) in [7, 11) is 0. The average Bonchev–Trinajstić information content (AvgIpc) is 2.49. The molecule has 0 saturated carbocycles. The van der Waals surface area contributed by atoms with Crippen LogP contribution in [0.25, 0.3) is 10.8 Å². The minimum atomic E-state index is -0.400. The van der Waals surface area contributed by atoms with E-state index < -0.39 is 5.82 Å². The van der Waals surface area contributed by atoms with Crippen molar-refractivity contribution in [3.8, 4) is 11.5 Å². The van der Waals surface area contributed by atoms with Crippen molar-refractivity contribution in [3.05, 3.63) is 72.0 Å². The Balaban J connectivity index is 2.09. The third-order valence-electron chi connectivity index (χ3n) is 3.18. The molecule has 0 radical (unpaired) electrons. The van der Waals surface area contributed by atoms with Gasteiger partial charge in [0.1, 0.15) is 22.3 Å². The van der Waals surface area contributed by atoms with E-state index in [1.807, 2.05) is 42.5 Å². The highest BCUT2D eigenvalue weighted by Gasteiger charge is 2.10. The molecule has 0 atom stereocenters. The summed E-state index contributed by atoms with van der Waals surface area (Å²) in [5, 5.41) is 2.03. The second kappa shape index (κ2) is 5.50. The Labute approximate surface area is 127 Å². The molecule has 0 bridgehead atoms. The minimum absolute atomic E-state index is 0.102. The molecule has 21 heavy (non-hydrogen) atoms. The van der Waals surface area contributed by atoms with Gasteiger partial charge in [-0.25, -0.2) is 4.39 Å². The summed E-state index contributed by atoms with van der Waals surface area (Å²) in [5.41, 5.74) is 6.02. The fraction of sp³-hybridized carbons (Fsp3) is 0. The fourth-order valence-electron chi connectivity index (χ4n) is 2.19. The highest BCUT2D eigenvalue weighted by Crippen LogP contribution is 2.31. The molecule has 2 N–H and O–H groups in total. The van der Waals surface area contributed by atoms with E-state index in [9.17, 15) is 4.39 Å². The van der Waals surface area contributed by atoms with Crippen LogP contribution in [0.4, 0.5) is 4.39 Å². The van der Waals surface area contributed by atoms with Gasteiger partial charge in [0.25, 0.3) is 0 Å². The van der Waals surface area contributed by atoms with Gasteiger partial charge in [-0.15, -0.1) is 0 Å². The van der Waals surface area contributed by atoms with Gasteiger partial charge in [0, 0.05) is 5.39 Å². The predicted molar refractivity (Wildman–Crippen MR) is 86.3 cm³/mol. The van der Waals surface area contributed by atoms with Crippen molar-refractivity contribution in [2.45, 2.75) is 0 Å². The SMILES string of the molecule is NC(=S)c1cc(F)ccc1Oc1cccc2ccccc12. The van der Waals surface area contributed by atoms with Crippen LogP contribution in [0, 0.1) is 5.82 Å². The van der Waals surface area contributed by atoms with E-state index in [4.69, 9.17) is 22.7 Å². The van der Waals surface area contributed by atoms with Gasteiger partial charge >= 0.3 is 0 Å². The maximum absolute atomic E-state index is 13.3. The van der Waals surface area contributed by atoms with Gasteiger partial charge in [-0.2, -0.15) is 0 Å². The highest BCUT2D eigenvalue weighted by molar-refractivity contribution is 7.80. The van der Waals surface area contributed by atoms with Gasteiger partial charge in [0.15, 0.2) is 0 Å². The molecule has 0 spiro atoms. The van der Waals surface area contributed by atoms with Gasteiger partial charge in [-0.3, -0.25) is 0 Å². The largest absolute Gasteiger partial charge is 0.456 e. The highest BCUT2D eigenvalue weighted by atomic mass is 32.1. The second-order valence-electron chi connectivity index (χ2n) is 4.58. The lowest BCUT2D eigenvalue weighted by molar-refractivity contribution is 0.485. The molecule has 0 unspecified atom stereocenters. The number of ether oxygens (including phenoxy) is 1. The molecule has 0 aliphatic carbocycles. The standard InChI is InChI=1S/C17H12FNOS/c18-12-8-9-16(14(10-12)17(19)21)20-15-7-3-5-11-4-1-2-6-13(11)15/h1-10H,(H2,19,21). The quantitative estimate of drug-likeness (QED) is 0.727. The Morgan fingerprint density at radius 1 is 0.952 bits per heavy atom. The Kier molecular flexibility index (Phi) is 3.54. The van der Waals surface area contributed by atoms with E-state index in [0.29, 0.717) is 17.1 Å². The van der Waals surface area contributed by atoms with Crippen LogP contribution in [0.2, 0.25) is 0 Å². The molecule has 3 aromatic carbocycles. The zero-order chi connectivity index (χ0) is 14.8. The van der Waals surface area contributed by atoms with Crippen molar-refractivity contribution in [2.24, 2.45) is 5.73 Å². The van der Waals surface area contributed by atoms with Crippen molar-refractivity contribution < 1.29 is 9.13 Å². The Bertz CT molecular complexity index is 827. The monoisotopic (exact) mass is 297 g/mol. The van der Waals surface area contributed by atoms with Gasteiger partial charge in [-0.05, 0) is 29.7 Å². The van der Waals surface area contributed by atoms with Crippen LogP contribution in [-0.4, -0.2) is 4.99 Å². The zero-order valence-electron chi connectivity index (χ0n) is 11.0. The molecule has 3 rings (SSSR count). The number of benzene rings is 3. The van der Waals surface area contributed by atoms with E-state index in [-0.39, 0.29) is 4.99 Å². The maximum Gasteiger partial charge on any atom is 0.137 e. The van der Waals surface area contributed by atoms with Gasteiger partial charge < -0.3 is 10.5 Å². The molecule has 2 nitrogen and oxygen atoms in total. The first-order chi connectivity index (χ1) is 10.1. The Morgan fingerprint density at radius 2 is 1.71 bits per heavy atom. The summed E-state index contributed by atoms with van der Waals surface area (Å²) in [6.07, 6.45) is 0. The van der Waals surface area contributed by atoms with Crippen molar-refractivity contribution in [3.63, 3.8) is 0 Å². The number of fused-ring (bicyclic) bond motifs is 1. The number of thiocarbonyl (C=S) groups is 1. The third kappa shape index (κ3) is 2.71. The molecular weight excluding hydrogens is 285 g/mol. The Morgan fingerprint density at radius 3 is 2.52 bits per heavy atom. The van der Waals surface area contributed by atoms with Gasteiger partial charge in [0.05, 0.1) is 5.56 Å². The lowest BCUT2D eigenvalue weighted by Gasteiger charge is -2.12. The van der Waals surface area contributed by atoms with Crippen molar-refractivity contribution >= 4 is 28.0 Å². The Hall–Kier alpha value is -2.46. The van der Waals surface area contributed by atoms with Crippen LogP contribution in [0.1, 0.15) is 5.56 Å². The van der Waals surface area contributed by atoms with E-state index in [0.717, 1.165) is 10.8 Å². The number of nitrogens with two attached hydrogens (primary N) is 1. The summed E-state index contributed by atoms with van der Waals surface area (Å²) in [4.78, 5) is 0.102. The molecule has 0 aromatic heterocycles. The summed E-state index contributed by atoms with van der Waals surface area (Å²) in [6, 6.07) is 17.8. The number of hydrogen-bond acceptors (Lipinski definition) is 2. The van der Waals surface area contributed by atoms with Crippen LogP contribution in [-0.2, 0) is 0 Å². The minimum Gasteiger partial charge on any atom is -0.456 e. The van der Waals surface area contributed by atoms with Crippen LogP contribution >= 0.6 is 12.2 Å². The molecule has 0 fully saturated rings.